The number of benzene rings is 2. The van der Waals surface area contributed by atoms with Crippen molar-refractivity contribution in [2.45, 2.75) is 11.5 Å². The molecule has 0 spiro atoms. The molecule has 1 N–H and O–H groups in total. The van der Waals surface area contributed by atoms with Crippen LogP contribution < -0.4 is 10.1 Å². The molecule has 2 aromatic carbocycles. The molecule has 0 bridgehead atoms. The summed E-state index contributed by atoms with van der Waals surface area (Å²) < 4.78 is 53.8. The predicted octanol–water partition coefficient (Wildman–Crippen LogP) is 3.38. The molecule has 27 heavy (non-hydrogen) atoms. The Labute approximate surface area is 159 Å². The Morgan fingerprint density at radius 2 is 1.93 bits per heavy atom. The van der Waals surface area contributed by atoms with Gasteiger partial charge in [-0.3, -0.25) is 9.63 Å². The third-order valence-electron chi connectivity index (χ3n) is 3.40. The van der Waals surface area contributed by atoms with Gasteiger partial charge in [-0.1, -0.05) is 22.1 Å². The van der Waals surface area contributed by atoms with Gasteiger partial charge in [0.05, 0.1) is 17.0 Å². The summed E-state index contributed by atoms with van der Waals surface area (Å²) in [6.07, 6.45) is 0. The zero-order valence-corrected chi connectivity index (χ0v) is 15.7. The number of sulfonamides is 1. The average molecular weight is 421 g/mol. The number of rotatable bonds is 7. The van der Waals surface area contributed by atoms with E-state index in [1.54, 1.807) is 0 Å². The standard InChI is InChI=1S/C16H15ClF2N2O5S/c1-21(25-2)27(23,24)12-5-3-4-10(8-12)15(22)20-11-6-7-14(13(17)9-11)26-16(18)19/h3-9,16H,1-2H3,(H,20,22). The topological polar surface area (TPSA) is 84.9 Å². The minimum atomic E-state index is -3.92. The van der Waals surface area contributed by atoms with Crippen LogP contribution in [0.5, 0.6) is 5.75 Å². The van der Waals surface area contributed by atoms with Crippen LogP contribution in [0.25, 0.3) is 0 Å². The minimum Gasteiger partial charge on any atom is -0.433 e. The Hall–Kier alpha value is -2.27. The predicted molar refractivity (Wildman–Crippen MR) is 94.4 cm³/mol. The highest BCUT2D eigenvalue weighted by atomic mass is 35.5. The molecule has 7 nitrogen and oxygen atoms in total. The molecule has 0 fully saturated rings. The number of halogens is 3. The van der Waals surface area contributed by atoms with Gasteiger partial charge in [-0.05, 0) is 36.4 Å². The SMILES string of the molecule is CON(C)S(=O)(=O)c1cccc(C(=O)Nc2ccc(OC(F)F)c(Cl)c2)c1. The Morgan fingerprint density at radius 3 is 2.52 bits per heavy atom. The first-order valence-corrected chi connectivity index (χ1v) is 9.15. The van der Waals surface area contributed by atoms with Gasteiger partial charge in [0.25, 0.3) is 15.9 Å². The second-order valence-corrected chi connectivity index (χ2v) is 7.45. The largest absolute Gasteiger partial charge is 0.433 e. The van der Waals surface area contributed by atoms with Crippen LogP contribution >= 0.6 is 11.6 Å². The van der Waals surface area contributed by atoms with E-state index in [4.69, 9.17) is 11.6 Å². The van der Waals surface area contributed by atoms with Crippen LogP contribution in [0, 0.1) is 0 Å². The molecule has 146 valence electrons. The van der Waals surface area contributed by atoms with E-state index in [1.807, 2.05) is 0 Å². The first-order chi connectivity index (χ1) is 12.6. The van der Waals surface area contributed by atoms with Crippen LogP contribution in [-0.2, 0) is 14.9 Å². The van der Waals surface area contributed by atoms with E-state index < -0.39 is 22.5 Å². The second kappa shape index (κ2) is 8.61. The van der Waals surface area contributed by atoms with Crippen molar-refractivity contribution in [3.8, 4) is 5.75 Å². The molecule has 0 aliphatic rings. The number of hydroxylamine groups is 1. The van der Waals surface area contributed by atoms with Crippen LogP contribution in [0.2, 0.25) is 5.02 Å². The van der Waals surface area contributed by atoms with Gasteiger partial charge in [-0.15, -0.1) is 0 Å². The number of alkyl halides is 2. The maximum Gasteiger partial charge on any atom is 0.387 e. The van der Waals surface area contributed by atoms with Crippen molar-refractivity contribution in [2.24, 2.45) is 0 Å². The van der Waals surface area contributed by atoms with Gasteiger partial charge in [0, 0.05) is 18.3 Å². The van der Waals surface area contributed by atoms with E-state index in [0.717, 1.165) is 0 Å². The fraction of sp³-hybridized carbons (Fsp3) is 0.188. The number of amides is 1. The number of hydrogen-bond acceptors (Lipinski definition) is 5. The zero-order chi connectivity index (χ0) is 20.2. The number of carbonyl (C=O) groups excluding carboxylic acids is 1. The van der Waals surface area contributed by atoms with E-state index in [-0.39, 0.29) is 26.9 Å². The first-order valence-electron chi connectivity index (χ1n) is 7.34. The molecule has 0 atom stereocenters. The van der Waals surface area contributed by atoms with E-state index in [2.05, 4.69) is 14.9 Å². The van der Waals surface area contributed by atoms with Crippen molar-refractivity contribution in [1.82, 2.24) is 4.47 Å². The first kappa shape index (κ1) is 21.0. The van der Waals surface area contributed by atoms with Gasteiger partial charge >= 0.3 is 6.61 Å². The van der Waals surface area contributed by atoms with Crippen molar-refractivity contribution in [1.29, 1.82) is 0 Å². The number of nitrogens with zero attached hydrogens (tertiary/aromatic N) is 1. The number of anilines is 1. The second-order valence-electron chi connectivity index (χ2n) is 5.10. The Kier molecular flexibility index (Phi) is 6.71. The molecule has 0 saturated carbocycles. The highest BCUT2D eigenvalue weighted by Crippen LogP contribution is 2.29. The van der Waals surface area contributed by atoms with Crippen LogP contribution in [0.15, 0.2) is 47.4 Å². The number of carbonyl (C=O) groups is 1. The molecule has 0 unspecified atom stereocenters. The molecule has 0 aromatic heterocycles. The Balaban J connectivity index is 2.22. The van der Waals surface area contributed by atoms with E-state index in [0.29, 0.717) is 4.47 Å². The van der Waals surface area contributed by atoms with Crippen LogP contribution in [0.3, 0.4) is 0 Å². The van der Waals surface area contributed by atoms with Crippen molar-refractivity contribution in [2.75, 3.05) is 19.5 Å². The van der Waals surface area contributed by atoms with Gasteiger partial charge < -0.3 is 10.1 Å². The summed E-state index contributed by atoms with van der Waals surface area (Å²) in [6, 6.07) is 9.04. The Bertz CT molecular complexity index is 940. The number of hydrogen-bond donors (Lipinski definition) is 1. The lowest BCUT2D eigenvalue weighted by molar-refractivity contribution is -0.0497. The molecule has 0 aliphatic heterocycles. The van der Waals surface area contributed by atoms with Gasteiger partial charge in [0.1, 0.15) is 5.75 Å². The highest BCUT2D eigenvalue weighted by molar-refractivity contribution is 7.89. The van der Waals surface area contributed by atoms with Gasteiger partial charge in [-0.25, -0.2) is 8.42 Å². The van der Waals surface area contributed by atoms with Crippen LogP contribution in [0.4, 0.5) is 14.5 Å². The minimum absolute atomic E-state index is 0.0598. The summed E-state index contributed by atoms with van der Waals surface area (Å²) in [5, 5.41) is 2.38. The summed E-state index contributed by atoms with van der Waals surface area (Å²) in [5.41, 5.74) is 0.276. The van der Waals surface area contributed by atoms with Gasteiger partial charge in [0.15, 0.2) is 0 Å². The molecule has 2 aromatic rings. The maximum absolute atomic E-state index is 12.4. The average Bonchev–Trinajstić information content (AvgIpc) is 2.63. The normalized spacial score (nSPS) is 11.7. The molecule has 0 heterocycles. The Morgan fingerprint density at radius 1 is 1.22 bits per heavy atom. The summed E-state index contributed by atoms with van der Waals surface area (Å²) in [6.45, 7) is -3.03. The monoisotopic (exact) mass is 420 g/mol. The molecular formula is C16H15ClF2N2O5S. The van der Waals surface area contributed by atoms with E-state index in [1.165, 1.54) is 56.6 Å². The fourth-order valence-electron chi connectivity index (χ4n) is 2.02. The molecule has 2 rings (SSSR count). The van der Waals surface area contributed by atoms with Crippen molar-refractivity contribution < 1.29 is 31.6 Å². The van der Waals surface area contributed by atoms with E-state index in [9.17, 15) is 22.0 Å². The zero-order valence-electron chi connectivity index (χ0n) is 14.1. The number of ether oxygens (including phenoxy) is 1. The van der Waals surface area contributed by atoms with Crippen molar-refractivity contribution in [3.05, 3.63) is 53.1 Å². The van der Waals surface area contributed by atoms with Gasteiger partial charge in [0.2, 0.25) is 0 Å². The lowest BCUT2D eigenvalue weighted by atomic mass is 10.2. The third kappa shape index (κ3) is 5.13. The molecular weight excluding hydrogens is 406 g/mol. The molecule has 0 saturated heterocycles. The van der Waals surface area contributed by atoms with Crippen molar-refractivity contribution >= 4 is 33.2 Å². The molecule has 0 aliphatic carbocycles. The summed E-state index contributed by atoms with van der Waals surface area (Å²) in [7, 11) is -1.51. The summed E-state index contributed by atoms with van der Waals surface area (Å²) in [5.74, 6) is -0.855. The smallest absolute Gasteiger partial charge is 0.387 e. The summed E-state index contributed by atoms with van der Waals surface area (Å²) in [4.78, 5) is 16.9. The summed E-state index contributed by atoms with van der Waals surface area (Å²) >= 11 is 5.83. The van der Waals surface area contributed by atoms with E-state index >= 15 is 0 Å². The third-order valence-corrected chi connectivity index (χ3v) is 5.37. The molecule has 0 radical (unpaired) electrons. The quantitative estimate of drug-likeness (QED) is 0.694. The van der Waals surface area contributed by atoms with Crippen LogP contribution in [-0.4, -0.2) is 39.6 Å². The molecule has 1 amide bonds. The lowest BCUT2D eigenvalue weighted by Crippen LogP contribution is -2.26. The van der Waals surface area contributed by atoms with Gasteiger partial charge in [-0.2, -0.15) is 8.78 Å². The maximum atomic E-state index is 12.4. The molecule has 11 heteroatoms. The number of nitrogens with one attached hydrogen (secondary N) is 1. The lowest BCUT2D eigenvalue weighted by Gasteiger charge is -2.14. The van der Waals surface area contributed by atoms with Crippen LogP contribution in [0.1, 0.15) is 10.4 Å². The highest BCUT2D eigenvalue weighted by Gasteiger charge is 2.22. The fourth-order valence-corrected chi connectivity index (χ4v) is 3.26. The van der Waals surface area contributed by atoms with Crippen molar-refractivity contribution in [3.63, 3.8) is 0 Å².